The number of hydrogen-bond donors (Lipinski definition) is 1. The van der Waals surface area contributed by atoms with Crippen molar-refractivity contribution in [2.75, 3.05) is 6.61 Å². The Labute approximate surface area is 103 Å². The van der Waals surface area contributed by atoms with Gasteiger partial charge in [0, 0.05) is 28.5 Å². The maximum absolute atomic E-state index is 5.64. The summed E-state index contributed by atoms with van der Waals surface area (Å²) < 4.78 is 6.85. The van der Waals surface area contributed by atoms with Gasteiger partial charge in [-0.2, -0.15) is 0 Å². The normalized spacial score (nSPS) is 23.2. The predicted octanol–water partition coefficient (Wildman–Crippen LogP) is 3.17. The Morgan fingerprint density at radius 1 is 1.73 bits per heavy atom. The van der Waals surface area contributed by atoms with E-state index in [1.807, 2.05) is 0 Å². The van der Waals surface area contributed by atoms with Gasteiger partial charge in [-0.3, -0.25) is 0 Å². The van der Waals surface area contributed by atoms with Crippen LogP contribution in [-0.2, 0) is 11.3 Å². The Kier molecular flexibility index (Phi) is 4.20. The molecule has 4 heteroatoms. The third-order valence-electron chi connectivity index (χ3n) is 2.80. The molecule has 0 amide bonds. The lowest BCUT2D eigenvalue weighted by Gasteiger charge is -2.19. The Morgan fingerprint density at radius 2 is 2.60 bits per heavy atom. The van der Waals surface area contributed by atoms with Crippen LogP contribution in [-0.4, -0.2) is 18.8 Å². The number of hydrogen-bond acceptors (Lipinski definition) is 3. The summed E-state index contributed by atoms with van der Waals surface area (Å²) in [7, 11) is 0. The van der Waals surface area contributed by atoms with Crippen LogP contribution in [0.5, 0.6) is 0 Å². The molecule has 2 unspecified atom stereocenters. The summed E-state index contributed by atoms with van der Waals surface area (Å²) in [6.45, 7) is 4.07. The quantitative estimate of drug-likeness (QED) is 0.919. The fraction of sp³-hybridized carbons (Fsp3) is 0.636. The third kappa shape index (κ3) is 3.03. The molecule has 1 fully saturated rings. The summed E-state index contributed by atoms with van der Waals surface area (Å²) in [4.78, 5) is 1.36. The molecule has 0 saturated carbocycles. The van der Waals surface area contributed by atoms with Crippen LogP contribution in [0, 0.1) is 0 Å². The van der Waals surface area contributed by atoms with Crippen molar-refractivity contribution >= 4 is 27.3 Å². The minimum Gasteiger partial charge on any atom is -0.377 e. The van der Waals surface area contributed by atoms with E-state index >= 15 is 0 Å². The van der Waals surface area contributed by atoms with E-state index < -0.39 is 0 Å². The van der Waals surface area contributed by atoms with Crippen molar-refractivity contribution in [2.45, 2.75) is 38.5 Å². The molecule has 1 saturated heterocycles. The monoisotopic (exact) mass is 289 g/mol. The van der Waals surface area contributed by atoms with Crippen molar-refractivity contribution in [1.29, 1.82) is 0 Å². The minimum absolute atomic E-state index is 0.406. The molecule has 0 aromatic carbocycles. The van der Waals surface area contributed by atoms with Crippen molar-refractivity contribution in [3.05, 3.63) is 20.8 Å². The molecule has 1 aromatic rings. The first-order valence-electron chi connectivity index (χ1n) is 5.34. The molecule has 1 aliphatic heterocycles. The Hall–Kier alpha value is 0.1000. The van der Waals surface area contributed by atoms with Crippen LogP contribution in [0.3, 0.4) is 0 Å². The van der Waals surface area contributed by atoms with E-state index in [1.165, 1.54) is 22.2 Å². The van der Waals surface area contributed by atoms with Crippen molar-refractivity contribution in [3.63, 3.8) is 0 Å². The van der Waals surface area contributed by atoms with Gasteiger partial charge in [0.25, 0.3) is 0 Å². The highest BCUT2D eigenvalue weighted by molar-refractivity contribution is 9.10. The number of halogens is 1. The molecule has 2 nitrogen and oxygen atoms in total. The van der Waals surface area contributed by atoms with Crippen LogP contribution >= 0.6 is 27.3 Å². The van der Waals surface area contributed by atoms with Gasteiger partial charge in [-0.05, 0) is 47.1 Å². The van der Waals surface area contributed by atoms with E-state index in [9.17, 15) is 0 Å². The molecule has 84 valence electrons. The molecule has 15 heavy (non-hydrogen) atoms. The van der Waals surface area contributed by atoms with Crippen LogP contribution in [0.15, 0.2) is 15.9 Å². The second-order valence-electron chi connectivity index (χ2n) is 3.91. The SMILES string of the molecule is CC(NCc1sccc1Br)C1CCCO1. The summed E-state index contributed by atoms with van der Waals surface area (Å²) in [6, 6.07) is 2.54. The van der Waals surface area contributed by atoms with Gasteiger partial charge in [0.1, 0.15) is 0 Å². The standard InChI is InChI=1S/C11H16BrNOS/c1-8(10-3-2-5-14-10)13-7-11-9(12)4-6-15-11/h4,6,8,10,13H,2-3,5,7H2,1H3. The second kappa shape index (κ2) is 5.43. The van der Waals surface area contributed by atoms with Gasteiger partial charge in [-0.25, -0.2) is 0 Å². The van der Waals surface area contributed by atoms with Crippen LogP contribution in [0.1, 0.15) is 24.6 Å². The molecule has 0 bridgehead atoms. The number of nitrogens with one attached hydrogen (secondary N) is 1. The zero-order chi connectivity index (χ0) is 10.7. The number of ether oxygens (including phenoxy) is 1. The van der Waals surface area contributed by atoms with Crippen LogP contribution < -0.4 is 5.32 Å². The van der Waals surface area contributed by atoms with Gasteiger partial charge < -0.3 is 10.1 Å². The minimum atomic E-state index is 0.406. The van der Waals surface area contributed by atoms with Gasteiger partial charge >= 0.3 is 0 Å². The molecule has 2 heterocycles. The van der Waals surface area contributed by atoms with Crippen molar-refractivity contribution in [1.82, 2.24) is 5.32 Å². The number of thiophene rings is 1. The lowest BCUT2D eigenvalue weighted by Crippen LogP contribution is -2.36. The zero-order valence-corrected chi connectivity index (χ0v) is 11.2. The highest BCUT2D eigenvalue weighted by atomic mass is 79.9. The van der Waals surface area contributed by atoms with Crippen molar-refractivity contribution in [2.24, 2.45) is 0 Å². The topological polar surface area (TPSA) is 21.3 Å². The van der Waals surface area contributed by atoms with E-state index in [0.717, 1.165) is 13.2 Å². The molecule has 2 atom stereocenters. The van der Waals surface area contributed by atoms with Gasteiger partial charge in [-0.1, -0.05) is 0 Å². The maximum Gasteiger partial charge on any atom is 0.0726 e. The largest absolute Gasteiger partial charge is 0.377 e. The predicted molar refractivity (Wildman–Crippen MR) is 67.3 cm³/mol. The number of rotatable bonds is 4. The van der Waals surface area contributed by atoms with Crippen LogP contribution in [0.2, 0.25) is 0 Å². The first kappa shape index (κ1) is 11.6. The molecular formula is C11H16BrNOS. The highest BCUT2D eigenvalue weighted by Gasteiger charge is 2.21. The second-order valence-corrected chi connectivity index (χ2v) is 5.77. The lowest BCUT2D eigenvalue weighted by molar-refractivity contribution is 0.0833. The molecule has 1 N–H and O–H groups in total. The molecule has 1 aliphatic rings. The molecule has 0 aliphatic carbocycles. The van der Waals surface area contributed by atoms with E-state index in [1.54, 1.807) is 11.3 Å². The summed E-state index contributed by atoms with van der Waals surface area (Å²) in [5, 5.41) is 5.63. The fourth-order valence-corrected chi connectivity index (χ4v) is 3.28. The van der Waals surface area contributed by atoms with Gasteiger partial charge in [0.05, 0.1) is 6.10 Å². The molecular weight excluding hydrogens is 274 g/mol. The molecule has 0 radical (unpaired) electrons. The first-order chi connectivity index (χ1) is 7.27. The summed E-state index contributed by atoms with van der Waals surface area (Å²) in [5.74, 6) is 0. The highest BCUT2D eigenvalue weighted by Crippen LogP contribution is 2.23. The third-order valence-corrected chi connectivity index (χ3v) is 4.72. The van der Waals surface area contributed by atoms with E-state index in [2.05, 4.69) is 39.6 Å². The molecule has 1 aromatic heterocycles. The van der Waals surface area contributed by atoms with Crippen LogP contribution in [0.25, 0.3) is 0 Å². The van der Waals surface area contributed by atoms with E-state index in [4.69, 9.17) is 4.74 Å². The molecule has 2 rings (SSSR count). The Morgan fingerprint density at radius 3 is 3.20 bits per heavy atom. The molecule has 0 spiro atoms. The first-order valence-corrected chi connectivity index (χ1v) is 7.01. The average Bonchev–Trinajstić information content (AvgIpc) is 2.85. The van der Waals surface area contributed by atoms with Crippen molar-refractivity contribution in [3.8, 4) is 0 Å². The van der Waals surface area contributed by atoms with Crippen molar-refractivity contribution < 1.29 is 4.74 Å². The summed E-state index contributed by atoms with van der Waals surface area (Å²) in [5.41, 5.74) is 0. The zero-order valence-electron chi connectivity index (χ0n) is 8.83. The smallest absolute Gasteiger partial charge is 0.0726 e. The lowest BCUT2D eigenvalue weighted by atomic mass is 10.1. The van der Waals surface area contributed by atoms with Gasteiger partial charge in [0.2, 0.25) is 0 Å². The van der Waals surface area contributed by atoms with Gasteiger partial charge in [-0.15, -0.1) is 11.3 Å². The fourth-order valence-electron chi connectivity index (χ4n) is 1.83. The van der Waals surface area contributed by atoms with Crippen LogP contribution in [0.4, 0.5) is 0 Å². The average molecular weight is 290 g/mol. The van der Waals surface area contributed by atoms with E-state index in [0.29, 0.717) is 12.1 Å². The van der Waals surface area contributed by atoms with Gasteiger partial charge in [0.15, 0.2) is 0 Å². The summed E-state index contributed by atoms with van der Waals surface area (Å²) in [6.07, 6.45) is 2.81. The Bertz CT molecular complexity index is 309. The van der Waals surface area contributed by atoms with E-state index in [-0.39, 0.29) is 0 Å². The summed E-state index contributed by atoms with van der Waals surface area (Å²) >= 11 is 5.32. The Balaban J connectivity index is 1.80. The maximum atomic E-state index is 5.64.